The zero-order chi connectivity index (χ0) is 8.81. The van der Waals surface area contributed by atoms with Crippen LogP contribution in [0.2, 0.25) is 0 Å². The van der Waals surface area contributed by atoms with Crippen molar-refractivity contribution in [2.24, 2.45) is 0 Å². The minimum atomic E-state index is -0.245. The van der Waals surface area contributed by atoms with Crippen LogP contribution in [0, 0.1) is 0 Å². The van der Waals surface area contributed by atoms with E-state index in [2.05, 4.69) is 5.32 Å². The largest absolute Gasteiger partial charge is 0.391 e. The predicted octanol–water partition coefficient (Wildman–Crippen LogP) is 1.87. The number of nitrogens with one attached hydrogen (secondary N) is 1. The fourth-order valence-electron chi connectivity index (χ4n) is 0.936. The number of hydrogen-bond acceptors (Lipinski definition) is 2. The lowest BCUT2D eigenvalue weighted by molar-refractivity contribution is 0.183. The number of aliphatic hydroxyl groups excluding tert-OH is 1. The molecular formula is C10H15NO. The van der Waals surface area contributed by atoms with Gasteiger partial charge in [-0.2, -0.15) is 0 Å². The summed E-state index contributed by atoms with van der Waals surface area (Å²) in [5.74, 6) is 0. The smallest absolute Gasteiger partial charge is 0.0709 e. The van der Waals surface area contributed by atoms with Gasteiger partial charge in [-0.25, -0.2) is 0 Å². The van der Waals surface area contributed by atoms with E-state index < -0.39 is 0 Å². The minimum absolute atomic E-state index is 0.245. The molecule has 0 saturated carbocycles. The van der Waals surface area contributed by atoms with Crippen LogP contribution in [-0.4, -0.2) is 17.8 Å². The monoisotopic (exact) mass is 165 g/mol. The molecule has 1 rings (SSSR count). The van der Waals surface area contributed by atoms with Crippen LogP contribution < -0.4 is 5.32 Å². The number of anilines is 1. The molecule has 0 aromatic heterocycles. The van der Waals surface area contributed by atoms with Gasteiger partial charge in [0.1, 0.15) is 0 Å². The Morgan fingerprint density at radius 1 is 1.33 bits per heavy atom. The molecule has 0 aliphatic rings. The van der Waals surface area contributed by atoms with Crippen molar-refractivity contribution in [3.05, 3.63) is 30.3 Å². The van der Waals surface area contributed by atoms with Gasteiger partial charge in [-0.05, 0) is 18.6 Å². The van der Waals surface area contributed by atoms with Crippen LogP contribution in [0.15, 0.2) is 30.3 Å². The van der Waals surface area contributed by atoms with Crippen molar-refractivity contribution >= 4 is 5.69 Å². The molecule has 2 heteroatoms. The lowest BCUT2D eigenvalue weighted by Gasteiger charge is -2.09. The van der Waals surface area contributed by atoms with Gasteiger partial charge in [0.2, 0.25) is 0 Å². The standard InChI is InChI=1S/C10H15NO/c1-2-10(12)8-11-9-6-4-3-5-7-9/h3-7,10-12H,2,8H2,1H3/t10-/m0/s1. The molecule has 0 fully saturated rings. The van der Waals surface area contributed by atoms with E-state index in [9.17, 15) is 5.11 Å². The fourth-order valence-corrected chi connectivity index (χ4v) is 0.936. The average molecular weight is 165 g/mol. The maximum absolute atomic E-state index is 9.26. The van der Waals surface area contributed by atoms with E-state index in [-0.39, 0.29) is 6.10 Å². The lowest BCUT2D eigenvalue weighted by Crippen LogP contribution is -2.17. The molecule has 0 saturated heterocycles. The number of rotatable bonds is 4. The van der Waals surface area contributed by atoms with E-state index in [0.717, 1.165) is 12.1 Å². The minimum Gasteiger partial charge on any atom is -0.391 e. The van der Waals surface area contributed by atoms with Crippen molar-refractivity contribution in [2.75, 3.05) is 11.9 Å². The fraction of sp³-hybridized carbons (Fsp3) is 0.400. The number of benzene rings is 1. The Hall–Kier alpha value is -1.02. The van der Waals surface area contributed by atoms with Gasteiger partial charge < -0.3 is 10.4 Å². The first kappa shape index (κ1) is 9.07. The molecule has 0 amide bonds. The molecule has 2 N–H and O–H groups in total. The molecular weight excluding hydrogens is 150 g/mol. The highest BCUT2D eigenvalue weighted by molar-refractivity contribution is 5.42. The molecule has 1 aromatic rings. The van der Waals surface area contributed by atoms with Crippen molar-refractivity contribution < 1.29 is 5.11 Å². The van der Waals surface area contributed by atoms with E-state index in [1.807, 2.05) is 37.3 Å². The van der Waals surface area contributed by atoms with Crippen LogP contribution in [-0.2, 0) is 0 Å². The van der Waals surface area contributed by atoms with Crippen molar-refractivity contribution in [3.8, 4) is 0 Å². The number of aliphatic hydroxyl groups is 1. The van der Waals surface area contributed by atoms with Gasteiger partial charge in [-0.1, -0.05) is 25.1 Å². The van der Waals surface area contributed by atoms with Gasteiger partial charge in [-0.15, -0.1) is 0 Å². The normalized spacial score (nSPS) is 12.5. The molecule has 0 bridgehead atoms. The van der Waals surface area contributed by atoms with E-state index in [0.29, 0.717) is 6.54 Å². The molecule has 0 heterocycles. The molecule has 2 nitrogen and oxygen atoms in total. The van der Waals surface area contributed by atoms with Gasteiger partial charge in [0.05, 0.1) is 6.10 Å². The van der Waals surface area contributed by atoms with Crippen LogP contribution in [0.4, 0.5) is 5.69 Å². The SMILES string of the molecule is CC[C@H](O)CNc1ccccc1. The Morgan fingerprint density at radius 3 is 2.58 bits per heavy atom. The molecule has 0 spiro atoms. The summed E-state index contributed by atoms with van der Waals surface area (Å²) in [6.07, 6.45) is 0.546. The molecule has 1 atom stereocenters. The van der Waals surface area contributed by atoms with Crippen LogP contribution in [0.25, 0.3) is 0 Å². The average Bonchev–Trinajstić information content (AvgIpc) is 2.16. The molecule has 0 aliphatic heterocycles. The summed E-state index contributed by atoms with van der Waals surface area (Å²) in [5.41, 5.74) is 1.06. The summed E-state index contributed by atoms with van der Waals surface area (Å²) in [6.45, 7) is 2.60. The molecule has 12 heavy (non-hydrogen) atoms. The summed E-state index contributed by atoms with van der Waals surface area (Å²) < 4.78 is 0. The summed E-state index contributed by atoms with van der Waals surface area (Å²) >= 11 is 0. The van der Waals surface area contributed by atoms with Gasteiger partial charge in [0.25, 0.3) is 0 Å². The second-order valence-corrected chi connectivity index (χ2v) is 2.81. The highest BCUT2D eigenvalue weighted by Gasteiger charge is 1.98. The quantitative estimate of drug-likeness (QED) is 0.713. The van der Waals surface area contributed by atoms with E-state index in [1.165, 1.54) is 0 Å². The van der Waals surface area contributed by atoms with Crippen molar-refractivity contribution in [2.45, 2.75) is 19.4 Å². The zero-order valence-electron chi connectivity index (χ0n) is 7.33. The lowest BCUT2D eigenvalue weighted by atomic mass is 10.2. The van der Waals surface area contributed by atoms with Crippen molar-refractivity contribution in [1.82, 2.24) is 0 Å². The first-order valence-electron chi connectivity index (χ1n) is 4.30. The van der Waals surface area contributed by atoms with Crippen LogP contribution >= 0.6 is 0 Å². The Labute approximate surface area is 73.2 Å². The second kappa shape index (κ2) is 4.78. The van der Waals surface area contributed by atoms with E-state index in [1.54, 1.807) is 0 Å². The third kappa shape index (κ3) is 2.93. The third-order valence-electron chi connectivity index (χ3n) is 1.79. The van der Waals surface area contributed by atoms with Gasteiger partial charge in [-0.3, -0.25) is 0 Å². The Kier molecular flexibility index (Phi) is 3.61. The Bertz CT molecular complexity index is 210. The van der Waals surface area contributed by atoms with Gasteiger partial charge in [0.15, 0.2) is 0 Å². The molecule has 66 valence electrons. The Morgan fingerprint density at radius 2 is 2.00 bits per heavy atom. The maximum Gasteiger partial charge on any atom is 0.0709 e. The molecule has 0 radical (unpaired) electrons. The highest BCUT2D eigenvalue weighted by atomic mass is 16.3. The van der Waals surface area contributed by atoms with Crippen LogP contribution in [0.5, 0.6) is 0 Å². The second-order valence-electron chi connectivity index (χ2n) is 2.81. The maximum atomic E-state index is 9.26. The highest BCUT2D eigenvalue weighted by Crippen LogP contribution is 2.04. The summed E-state index contributed by atoms with van der Waals surface area (Å²) in [6, 6.07) is 9.90. The molecule has 1 aromatic carbocycles. The van der Waals surface area contributed by atoms with Crippen LogP contribution in [0.3, 0.4) is 0 Å². The van der Waals surface area contributed by atoms with Crippen molar-refractivity contribution in [1.29, 1.82) is 0 Å². The first-order valence-corrected chi connectivity index (χ1v) is 4.30. The summed E-state index contributed by atoms with van der Waals surface area (Å²) in [7, 11) is 0. The molecule has 0 aliphatic carbocycles. The van der Waals surface area contributed by atoms with Gasteiger partial charge in [0, 0.05) is 12.2 Å². The first-order chi connectivity index (χ1) is 5.83. The van der Waals surface area contributed by atoms with E-state index in [4.69, 9.17) is 0 Å². The van der Waals surface area contributed by atoms with Gasteiger partial charge >= 0.3 is 0 Å². The number of hydrogen-bond donors (Lipinski definition) is 2. The summed E-state index contributed by atoms with van der Waals surface area (Å²) in [5, 5.41) is 12.4. The zero-order valence-corrected chi connectivity index (χ0v) is 7.33. The van der Waals surface area contributed by atoms with Crippen molar-refractivity contribution in [3.63, 3.8) is 0 Å². The van der Waals surface area contributed by atoms with E-state index >= 15 is 0 Å². The third-order valence-corrected chi connectivity index (χ3v) is 1.79. The predicted molar refractivity (Wildman–Crippen MR) is 51.2 cm³/mol. The van der Waals surface area contributed by atoms with Crippen LogP contribution in [0.1, 0.15) is 13.3 Å². The number of para-hydroxylation sites is 1. The summed E-state index contributed by atoms with van der Waals surface area (Å²) in [4.78, 5) is 0. The molecule has 0 unspecified atom stereocenters. The Balaban J connectivity index is 2.33. The topological polar surface area (TPSA) is 32.3 Å².